The van der Waals surface area contributed by atoms with Gasteiger partial charge in [0.15, 0.2) is 6.61 Å². The number of aliphatic carboxylic acids is 1. The highest BCUT2D eigenvalue weighted by atomic mass is 32.2. The monoisotopic (exact) mass is 776 g/mol. The van der Waals surface area contributed by atoms with Crippen molar-refractivity contribution in [2.75, 3.05) is 17.3 Å². The van der Waals surface area contributed by atoms with Crippen LogP contribution in [0.3, 0.4) is 0 Å². The average molecular weight is 777 g/mol. The minimum atomic E-state index is -1.39. The van der Waals surface area contributed by atoms with Crippen molar-refractivity contribution in [2.45, 2.75) is 48.7 Å². The van der Waals surface area contributed by atoms with Crippen LogP contribution >= 0.6 is 11.8 Å². The molecule has 4 amide bonds. The molecule has 0 spiro atoms. The van der Waals surface area contributed by atoms with Gasteiger partial charge in [0.2, 0.25) is 17.7 Å². The molecule has 1 aliphatic rings. The predicted molar refractivity (Wildman–Crippen MR) is 198 cm³/mol. The summed E-state index contributed by atoms with van der Waals surface area (Å²) in [5.41, 5.74) is 7.41. The van der Waals surface area contributed by atoms with E-state index in [-0.39, 0.29) is 42.4 Å². The topological polar surface area (TPSA) is 209 Å². The highest BCUT2D eigenvalue weighted by Crippen LogP contribution is 2.46. The summed E-state index contributed by atoms with van der Waals surface area (Å²) in [4.78, 5) is 64.4. The minimum Gasteiger partial charge on any atom is -0.508 e. The van der Waals surface area contributed by atoms with Crippen LogP contribution in [0, 0.1) is 11.6 Å². The van der Waals surface area contributed by atoms with Gasteiger partial charge in [0.05, 0.1) is 12.1 Å². The van der Waals surface area contributed by atoms with Gasteiger partial charge >= 0.3 is 5.97 Å². The fourth-order valence-electron chi connectivity index (χ4n) is 5.86. The predicted octanol–water partition coefficient (Wildman–Crippen LogP) is 3.53. The van der Waals surface area contributed by atoms with E-state index in [1.165, 1.54) is 89.5 Å². The van der Waals surface area contributed by atoms with Crippen LogP contribution in [0.25, 0.3) is 0 Å². The van der Waals surface area contributed by atoms with Crippen molar-refractivity contribution in [2.24, 2.45) is 5.73 Å². The Morgan fingerprint density at radius 2 is 1.47 bits per heavy atom. The van der Waals surface area contributed by atoms with Crippen molar-refractivity contribution in [3.8, 4) is 11.5 Å². The number of nitrogens with two attached hydrogens (primary N) is 1. The molecule has 5 atom stereocenters. The Morgan fingerprint density at radius 1 is 0.855 bits per heavy atom. The smallest absolute Gasteiger partial charge is 0.326 e. The zero-order chi connectivity index (χ0) is 39.6. The maximum absolute atomic E-state index is 13.7. The summed E-state index contributed by atoms with van der Waals surface area (Å²) in [5.74, 6) is -4.47. The molecule has 0 radical (unpaired) electrons. The number of thioether (sulfide) groups is 1. The normalized spacial score (nSPS) is 16.6. The summed E-state index contributed by atoms with van der Waals surface area (Å²) in [6.45, 7) is -0.557. The quantitative estimate of drug-likeness (QED) is 0.0811. The van der Waals surface area contributed by atoms with Gasteiger partial charge in [-0.2, -0.15) is 0 Å². The van der Waals surface area contributed by atoms with Gasteiger partial charge in [0, 0.05) is 24.3 Å². The van der Waals surface area contributed by atoms with Gasteiger partial charge < -0.3 is 41.3 Å². The van der Waals surface area contributed by atoms with Crippen molar-refractivity contribution < 1.29 is 52.8 Å². The second kappa shape index (κ2) is 18.4. The van der Waals surface area contributed by atoms with Gasteiger partial charge in [-0.15, -0.1) is 11.8 Å². The van der Waals surface area contributed by atoms with Crippen LogP contribution in [0.1, 0.15) is 41.7 Å². The Kier molecular flexibility index (Phi) is 13.4. The number of nitrogens with one attached hydrogen (secondary N) is 2. The molecule has 13 nitrogen and oxygen atoms in total. The molecule has 55 heavy (non-hydrogen) atoms. The summed E-state index contributed by atoms with van der Waals surface area (Å²) in [6, 6.07) is 19.9. The van der Waals surface area contributed by atoms with Gasteiger partial charge in [-0.3, -0.25) is 19.2 Å². The molecule has 1 fully saturated rings. The van der Waals surface area contributed by atoms with Crippen LogP contribution in [0.5, 0.6) is 11.5 Å². The SMILES string of the molecule is NC(=O)CC[C@H](NC(=O)COc1ccc([C@@H]2[C@@H](SCC(O)c3ccc(F)cc3)C(=O)N2c2ccc(F)cc2)cc1)C(=O)N[C@H](Cc1ccc(O)cc1)C(=O)O. The molecular formula is C39H38F2N4O9S. The van der Waals surface area contributed by atoms with E-state index in [2.05, 4.69) is 10.6 Å². The van der Waals surface area contributed by atoms with Crippen LogP contribution in [-0.2, 0) is 30.4 Å². The lowest BCUT2D eigenvalue weighted by Gasteiger charge is -2.47. The summed E-state index contributed by atoms with van der Waals surface area (Å²) < 4.78 is 32.7. The third-order valence-corrected chi connectivity index (χ3v) is 10.1. The molecular weight excluding hydrogens is 739 g/mol. The Hall–Kier alpha value is -6.00. The summed E-state index contributed by atoms with van der Waals surface area (Å²) >= 11 is 1.22. The Balaban J connectivity index is 1.22. The highest BCUT2D eigenvalue weighted by molar-refractivity contribution is 8.00. The number of hydrogen-bond donors (Lipinski definition) is 6. The number of benzene rings is 4. The first kappa shape index (κ1) is 40.2. The van der Waals surface area contributed by atoms with Crippen molar-refractivity contribution in [3.63, 3.8) is 0 Å². The molecule has 1 aliphatic heterocycles. The number of carboxylic acid groups (broad SMARTS) is 1. The van der Waals surface area contributed by atoms with Crippen LogP contribution in [0.15, 0.2) is 97.1 Å². The standard InChI is InChI=1S/C39H38F2N4O9S/c40-25-7-3-23(4-8-25)32(47)21-55-36-35(45(38(36)51)27-11-9-26(41)10-12-27)24-5-15-29(16-6-24)54-20-34(49)43-30(17-18-33(42)48)37(50)44-31(39(52)53)19-22-1-13-28(46)14-2-22/h1-16,30-32,35-36,46-47H,17-21H2,(H2,42,48)(H,43,49)(H,44,50)(H,52,53)/t30-,31+,32?,35+,36+/m0/s1. The maximum Gasteiger partial charge on any atom is 0.326 e. The summed E-state index contributed by atoms with van der Waals surface area (Å²) in [7, 11) is 0. The number of phenolic OH excluding ortho intramolecular Hbond substituents is 1. The van der Waals surface area contributed by atoms with E-state index in [0.717, 1.165) is 0 Å². The second-order valence-corrected chi connectivity index (χ2v) is 13.9. The number of ether oxygens (including phenoxy) is 1. The lowest BCUT2D eigenvalue weighted by atomic mass is 9.92. The number of amides is 4. The summed E-state index contributed by atoms with van der Waals surface area (Å²) in [6.07, 6.45) is -1.58. The number of β-lactam (4-membered cyclic amide) rings is 1. The third kappa shape index (κ3) is 10.8. The van der Waals surface area contributed by atoms with Crippen LogP contribution in [0.2, 0.25) is 0 Å². The van der Waals surface area contributed by atoms with Gasteiger partial charge in [-0.05, 0) is 83.8 Å². The van der Waals surface area contributed by atoms with Crippen LogP contribution < -0.4 is 26.0 Å². The molecule has 288 valence electrons. The Labute approximate surface area is 318 Å². The Morgan fingerprint density at radius 3 is 2.07 bits per heavy atom. The number of hydrogen-bond acceptors (Lipinski definition) is 9. The first-order valence-electron chi connectivity index (χ1n) is 17.0. The van der Waals surface area contributed by atoms with E-state index in [0.29, 0.717) is 22.4 Å². The van der Waals surface area contributed by atoms with Crippen molar-refractivity contribution >= 4 is 47.0 Å². The fraction of sp³-hybridized carbons (Fsp3) is 0.256. The van der Waals surface area contributed by atoms with Crippen molar-refractivity contribution in [1.82, 2.24) is 10.6 Å². The van der Waals surface area contributed by atoms with Crippen molar-refractivity contribution in [3.05, 3.63) is 125 Å². The molecule has 4 aromatic rings. The van der Waals surface area contributed by atoms with Gasteiger partial charge in [0.25, 0.3) is 5.91 Å². The van der Waals surface area contributed by atoms with Gasteiger partial charge in [0.1, 0.15) is 40.5 Å². The number of nitrogens with zero attached hydrogens (tertiary/aromatic N) is 1. The van der Waals surface area contributed by atoms with Crippen LogP contribution in [-0.4, -0.2) is 74.6 Å². The second-order valence-electron chi connectivity index (χ2n) is 12.7. The number of carbonyl (C=O) groups excluding carboxylic acids is 4. The molecule has 16 heteroatoms. The van der Waals surface area contributed by atoms with E-state index in [1.54, 1.807) is 24.3 Å². The van der Waals surface area contributed by atoms with E-state index in [4.69, 9.17) is 10.5 Å². The van der Waals surface area contributed by atoms with Gasteiger partial charge in [-0.1, -0.05) is 36.4 Å². The molecule has 4 aromatic carbocycles. The fourth-order valence-corrected chi connectivity index (χ4v) is 7.16. The van der Waals surface area contributed by atoms with E-state index < -0.39 is 71.4 Å². The lowest BCUT2D eigenvalue weighted by molar-refractivity contribution is -0.142. The Bertz CT molecular complexity index is 1980. The van der Waals surface area contributed by atoms with Crippen molar-refractivity contribution in [1.29, 1.82) is 0 Å². The van der Waals surface area contributed by atoms with E-state index >= 15 is 0 Å². The number of primary amides is 1. The number of aliphatic hydroxyl groups excluding tert-OH is 1. The molecule has 5 rings (SSSR count). The third-order valence-electron chi connectivity index (χ3n) is 8.75. The van der Waals surface area contributed by atoms with E-state index in [1.807, 2.05) is 0 Å². The molecule has 1 unspecified atom stereocenters. The number of aliphatic hydroxyl groups is 1. The number of aromatic hydroxyl groups is 1. The number of carboxylic acids is 1. The number of rotatable bonds is 18. The molecule has 0 bridgehead atoms. The zero-order valence-corrected chi connectivity index (χ0v) is 30.0. The number of carbonyl (C=O) groups is 5. The van der Waals surface area contributed by atoms with Crippen LogP contribution in [0.4, 0.5) is 14.5 Å². The molecule has 0 aliphatic carbocycles. The minimum absolute atomic E-state index is 0.0176. The first-order chi connectivity index (χ1) is 26.3. The molecule has 0 aromatic heterocycles. The zero-order valence-electron chi connectivity index (χ0n) is 29.1. The maximum atomic E-state index is 13.7. The number of phenols is 1. The lowest BCUT2D eigenvalue weighted by Crippen LogP contribution is -2.57. The molecule has 7 N–H and O–H groups in total. The molecule has 1 saturated heterocycles. The average Bonchev–Trinajstić information content (AvgIpc) is 3.16. The molecule has 0 saturated carbocycles. The number of halogens is 2. The van der Waals surface area contributed by atoms with E-state index in [9.17, 15) is 48.1 Å². The summed E-state index contributed by atoms with van der Waals surface area (Å²) in [5, 5.41) is 34.1. The molecule has 1 heterocycles. The largest absolute Gasteiger partial charge is 0.508 e. The number of anilines is 1. The highest BCUT2D eigenvalue weighted by Gasteiger charge is 2.49. The first-order valence-corrected chi connectivity index (χ1v) is 18.1. The van der Waals surface area contributed by atoms with Gasteiger partial charge in [-0.25, -0.2) is 13.6 Å².